The van der Waals surface area contributed by atoms with Crippen LogP contribution in [0.2, 0.25) is 5.02 Å². The van der Waals surface area contributed by atoms with Crippen LogP contribution in [0, 0.1) is 0 Å². The van der Waals surface area contributed by atoms with Gasteiger partial charge in [0.25, 0.3) is 5.91 Å². The summed E-state index contributed by atoms with van der Waals surface area (Å²) in [5.41, 5.74) is 0.997. The van der Waals surface area contributed by atoms with Crippen LogP contribution in [0.3, 0.4) is 0 Å². The number of nitrogens with zero attached hydrogens (tertiary/aromatic N) is 5. The van der Waals surface area contributed by atoms with Crippen LogP contribution in [0.15, 0.2) is 48.1 Å². The number of ether oxygens (including phenoxy) is 1. The first kappa shape index (κ1) is 20.2. The van der Waals surface area contributed by atoms with Crippen molar-refractivity contribution in [2.75, 3.05) is 37.7 Å². The molecule has 0 N–H and O–H groups in total. The molecule has 0 atom stereocenters. The van der Waals surface area contributed by atoms with Crippen molar-refractivity contribution in [2.45, 2.75) is 0 Å². The first-order valence-corrected chi connectivity index (χ1v) is 10.5. The molecule has 4 rings (SSSR count). The van der Waals surface area contributed by atoms with E-state index in [1.54, 1.807) is 40.9 Å². The fourth-order valence-corrected chi connectivity index (χ4v) is 4.00. The zero-order valence-electron chi connectivity index (χ0n) is 15.9. The monoisotopic (exact) mass is 443 g/mol. The average Bonchev–Trinajstić information content (AvgIpc) is 3.28. The molecule has 1 amide bonds. The van der Waals surface area contributed by atoms with Crippen LogP contribution in [0.25, 0.3) is 10.6 Å². The highest BCUT2D eigenvalue weighted by atomic mass is 35.5. The third-order valence-electron chi connectivity index (χ3n) is 4.58. The van der Waals surface area contributed by atoms with Crippen molar-refractivity contribution in [1.82, 2.24) is 19.9 Å². The van der Waals surface area contributed by atoms with Gasteiger partial charge in [0.15, 0.2) is 12.3 Å². The Morgan fingerprint density at radius 2 is 1.87 bits per heavy atom. The number of piperazine rings is 1. The van der Waals surface area contributed by atoms with E-state index >= 15 is 0 Å². The van der Waals surface area contributed by atoms with E-state index in [4.69, 9.17) is 16.3 Å². The molecule has 1 fully saturated rings. The van der Waals surface area contributed by atoms with Crippen LogP contribution in [0.1, 0.15) is 10.5 Å². The Hall–Kier alpha value is -3.04. The van der Waals surface area contributed by atoms with Gasteiger partial charge in [-0.15, -0.1) is 11.3 Å². The highest BCUT2D eigenvalue weighted by Gasteiger charge is 2.24. The maximum Gasteiger partial charge on any atom is 0.358 e. The summed E-state index contributed by atoms with van der Waals surface area (Å²) >= 11 is 7.32. The lowest BCUT2D eigenvalue weighted by atomic mass is 10.2. The molecule has 3 aromatic rings. The van der Waals surface area contributed by atoms with Crippen molar-refractivity contribution in [3.63, 3.8) is 0 Å². The standard InChI is InChI=1S/C20H18ClN5O3S/c21-15-4-1-3-14(11-15)18-24-16(13-30-18)19(28)29-12-17(27)25-7-9-26(10-8-25)20-22-5-2-6-23-20/h1-6,11,13H,7-10,12H2. The lowest BCUT2D eigenvalue weighted by molar-refractivity contribution is -0.134. The van der Waals surface area contributed by atoms with E-state index in [2.05, 4.69) is 15.0 Å². The molecule has 154 valence electrons. The summed E-state index contributed by atoms with van der Waals surface area (Å²) in [5.74, 6) is -0.207. The SMILES string of the molecule is O=C(OCC(=O)N1CCN(c2ncccn2)CC1)c1csc(-c2cccc(Cl)c2)n1. The second-order valence-electron chi connectivity index (χ2n) is 6.54. The highest BCUT2D eigenvalue weighted by molar-refractivity contribution is 7.13. The second-order valence-corrected chi connectivity index (χ2v) is 7.84. The van der Waals surface area contributed by atoms with Crippen molar-refractivity contribution in [3.05, 3.63) is 58.8 Å². The third-order valence-corrected chi connectivity index (χ3v) is 5.71. The van der Waals surface area contributed by atoms with Gasteiger partial charge in [0.05, 0.1) is 0 Å². The minimum atomic E-state index is -0.621. The van der Waals surface area contributed by atoms with Crippen molar-refractivity contribution in [3.8, 4) is 10.6 Å². The number of thiazole rings is 1. The van der Waals surface area contributed by atoms with E-state index < -0.39 is 5.97 Å². The summed E-state index contributed by atoms with van der Waals surface area (Å²) < 4.78 is 5.18. The maximum atomic E-state index is 12.4. The number of benzene rings is 1. The van der Waals surface area contributed by atoms with Crippen molar-refractivity contribution in [2.24, 2.45) is 0 Å². The topological polar surface area (TPSA) is 88.5 Å². The lowest BCUT2D eigenvalue weighted by Gasteiger charge is -2.34. The van der Waals surface area contributed by atoms with Gasteiger partial charge < -0.3 is 14.5 Å². The summed E-state index contributed by atoms with van der Waals surface area (Å²) in [7, 11) is 0. The van der Waals surface area contributed by atoms with Gasteiger partial charge >= 0.3 is 5.97 Å². The number of hydrogen-bond acceptors (Lipinski definition) is 8. The van der Waals surface area contributed by atoms with Crippen molar-refractivity contribution in [1.29, 1.82) is 0 Å². The molecule has 0 spiro atoms. The second kappa shape index (κ2) is 9.19. The molecule has 2 aromatic heterocycles. The molecular weight excluding hydrogens is 426 g/mol. The Kier molecular flexibility index (Phi) is 6.20. The normalized spacial score (nSPS) is 13.9. The highest BCUT2D eigenvalue weighted by Crippen LogP contribution is 2.26. The number of halogens is 1. The number of aromatic nitrogens is 3. The quantitative estimate of drug-likeness (QED) is 0.560. The number of anilines is 1. The Labute approximate surface area is 182 Å². The van der Waals surface area contributed by atoms with Crippen LogP contribution in [0.5, 0.6) is 0 Å². The molecular formula is C20H18ClN5O3S. The van der Waals surface area contributed by atoms with Gasteiger partial charge in [-0.2, -0.15) is 0 Å². The summed E-state index contributed by atoms with van der Waals surface area (Å²) in [5, 5.41) is 2.87. The molecule has 1 aliphatic rings. The van der Waals surface area contributed by atoms with Gasteiger partial charge in [-0.3, -0.25) is 4.79 Å². The van der Waals surface area contributed by atoms with Gasteiger partial charge in [0.1, 0.15) is 5.01 Å². The fraction of sp³-hybridized carbons (Fsp3) is 0.250. The summed E-state index contributed by atoms with van der Waals surface area (Å²) in [6.07, 6.45) is 3.38. The molecule has 30 heavy (non-hydrogen) atoms. The van der Waals surface area contributed by atoms with E-state index in [-0.39, 0.29) is 18.2 Å². The van der Waals surface area contributed by atoms with Gasteiger partial charge in [0, 0.05) is 54.5 Å². The van der Waals surface area contributed by atoms with Gasteiger partial charge in [-0.05, 0) is 18.2 Å². The van der Waals surface area contributed by atoms with Crippen LogP contribution in [0.4, 0.5) is 5.95 Å². The molecule has 1 aromatic carbocycles. The zero-order chi connectivity index (χ0) is 20.9. The van der Waals surface area contributed by atoms with Crippen LogP contribution in [-0.4, -0.2) is 64.5 Å². The average molecular weight is 444 g/mol. The molecule has 10 heteroatoms. The van der Waals surface area contributed by atoms with Crippen molar-refractivity contribution < 1.29 is 14.3 Å². The smallest absolute Gasteiger partial charge is 0.358 e. The minimum absolute atomic E-state index is 0.175. The summed E-state index contributed by atoms with van der Waals surface area (Å²) in [6, 6.07) is 8.99. The fourth-order valence-electron chi connectivity index (χ4n) is 3.02. The molecule has 0 radical (unpaired) electrons. The Bertz CT molecular complexity index is 1040. The summed E-state index contributed by atoms with van der Waals surface area (Å²) in [6.45, 7) is 1.97. The predicted molar refractivity (Wildman–Crippen MR) is 114 cm³/mol. The first-order chi connectivity index (χ1) is 14.6. The molecule has 3 heterocycles. The number of rotatable bonds is 5. The van der Waals surface area contributed by atoms with E-state index in [0.29, 0.717) is 42.2 Å². The lowest BCUT2D eigenvalue weighted by Crippen LogP contribution is -2.50. The Morgan fingerprint density at radius 1 is 1.10 bits per heavy atom. The molecule has 1 aliphatic heterocycles. The number of amides is 1. The van der Waals surface area contributed by atoms with E-state index in [1.165, 1.54) is 11.3 Å². The number of carbonyl (C=O) groups excluding carboxylic acids is 2. The Morgan fingerprint density at radius 3 is 2.60 bits per heavy atom. The molecule has 0 aliphatic carbocycles. The van der Waals surface area contributed by atoms with Crippen LogP contribution >= 0.6 is 22.9 Å². The van der Waals surface area contributed by atoms with Gasteiger partial charge in [-0.1, -0.05) is 23.7 Å². The van der Waals surface area contributed by atoms with E-state index in [9.17, 15) is 9.59 Å². The predicted octanol–water partition coefficient (Wildman–Crippen LogP) is 2.76. The molecule has 1 saturated heterocycles. The first-order valence-electron chi connectivity index (χ1n) is 9.28. The molecule has 0 bridgehead atoms. The number of hydrogen-bond donors (Lipinski definition) is 0. The summed E-state index contributed by atoms with van der Waals surface area (Å²) in [4.78, 5) is 41.1. The largest absolute Gasteiger partial charge is 0.451 e. The van der Waals surface area contributed by atoms with E-state index in [1.807, 2.05) is 17.0 Å². The third kappa shape index (κ3) is 4.74. The van der Waals surface area contributed by atoms with Gasteiger partial charge in [0.2, 0.25) is 5.95 Å². The zero-order valence-corrected chi connectivity index (χ0v) is 17.5. The molecule has 0 saturated carbocycles. The maximum absolute atomic E-state index is 12.4. The van der Waals surface area contributed by atoms with Crippen LogP contribution in [-0.2, 0) is 9.53 Å². The van der Waals surface area contributed by atoms with Gasteiger partial charge in [-0.25, -0.2) is 19.7 Å². The molecule has 8 nitrogen and oxygen atoms in total. The Balaban J connectivity index is 1.28. The number of carbonyl (C=O) groups is 2. The minimum Gasteiger partial charge on any atom is -0.451 e. The van der Waals surface area contributed by atoms with Crippen LogP contribution < -0.4 is 4.90 Å². The van der Waals surface area contributed by atoms with E-state index in [0.717, 1.165) is 5.56 Å². The van der Waals surface area contributed by atoms with Crippen molar-refractivity contribution >= 4 is 40.8 Å². The molecule has 0 unspecified atom stereocenters. The number of esters is 1.